The molecule has 0 aromatic heterocycles. The molecule has 5 heteroatoms. The molecule has 2 N–H and O–H groups in total. The van der Waals surface area contributed by atoms with Crippen molar-refractivity contribution in [3.05, 3.63) is 29.6 Å². The molecule has 21 heavy (non-hydrogen) atoms. The maximum atomic E-state index is 13.3. The van der Waals surface area contributed by atoms with Gasteiger partial charge in [0.25, 0.3) is 5.91 Å². The number of amides is 1. The lowest BCUT2D eigenvalue weighted by molar-refractivity contribution is -0.123. The number of hydrogen-bond acceptors (Lipinski definition) is 3. The average Bonchev–Trinajstić information content (AvgIpc) is 3.28. The van der Waals surface area contributed by atoms with E-state index in [0.29, 0.717) is 18.3 Å². The second-order valence-corrected chi connectivity index (χ2v) is 5.57. The third kappa shape index (κ3) is 5.34. The highest BCUT2D eigenvalue weighted by molar-refractivity contribution is 5.77. The molecule has 1 unspecified atom stereocenters. The van der Waals surface area contributed by atoms with Crippen molar-refractivity contribution >= 4 is 5.91 Å². The van der Waals surface area contributed by atoms with E-state index in [1.165, 1.54) is 25.0 Å². The highest BCUT2D eigenvalue weighted by Crippen LogP contribution is 2.23. The molecule has 4 nitrogen and oxygen atoms in total. The van der Waals surface area contributed by atoms with Crippen LogP contribution >= 0.6 is 0 Å². The molecule has 0 spiro atoms. The fourth-order valence-electron chi connectivity index (χ4n) is 1.93. The van der Waals surface area contributed by atoms with Gasteiger partial charge in [0.05, 0.1) is 0 Å². The second-order valence-electron chi connectivity index (χ2n) is 5.57. The molecule has 1 fully saturated rings. The van der Waals surface area contributed by atoms with Crippen LogP contribution in [-0.2, 0) is 11.3 Å². The van der Waals surface area contributed by atoms with Crippen molar-refractivity contribution in [3.8, 4) is 5.75 Å². The van der Waals surface area contributed by atoms with E-state index >= 15 is 0 Å². The average molecular weight is 294 g/mol. The van der Waals surface area contributed by atoms with Gasteiger partial charge in [-0.25, -0.2) is 4.39 Å². The normalized spacial score (nSPS) is 15.6. The smallest absolute Gasteiger partial charge is 0.258 e. The van der Waals surface area contributed by atoms with Crippen LogP contribution in [0.2, 0.25) is 0 Å². The van der Waals surface area contributed by atoms with E-state index in [4.69, 9.17) is 4.74 Å². The van der Waals surface area contributed by atoms with Crippen LogP contribution in [0.15, 0.2) is 18.2 Å². The lowest BCUT2D eigenvalue weighted by Crippen LogP contribution is -2.35. The summed E-state index contributed by atoms with van der Waals surface area (Å²) in [5.74, 6) is 0.109. The Kier molecular flexibility index (Phi) is 5.56. The zero-order chi connectivity index (χ0) is 15.2. The van der Waals surface area contributed by atoms with Crippen LogP contribution in [0.3, 0.4) is 0 Å². The Morgan fingerprint density at radius 2 is 2.24 bits per heavy atom. The van der Waals surface area contributed by atoms with Crippen molar-refractivity contribution in [2.24, 2.45) is 0 Å². The van der Waals surface area contributed by atoms with Gasteiger partial charge in [-0.15, -0.1) is 0 Å². The third-order valence-electron chi connectivity index (χ3n) is 3.56. The molecule has 1 aromatic carbocycles. The summed E-state index contributed by atoms with van der Waals surface area (Å²) in [6.07, 6.45) is 3.21. The Bertz CT molecular complexity index is 489. The summed E-state index contributed by atoms with van der Waals surface area (Å²) in [7, 11) is 0. The molecule has 0 bridgehead atoms. The summed E-state index contributed by atoms with van der Waals surface area (Å²) in [6, 6.07) is 5.05. The highest BCUT2D eigenvalue weighted by Gasteiger charge is 2.21. The van der Waals surface area contributed by atoms with Crippen LogP contribution in [0.4, 0.5) is 4.39 Å². The maximum absolute atomic E-state index is 13.3. The van der Waals surface area contributed by atoms with Crippen LogP contribution in [0, 0.1) is 5.82 Å². The highest BCUT2D eigenvalue weighted by atomic mass is 19.1. The predicted octanol–water partition coefficient (Wildman–Crippen LogP) is 2.37. The van der Waals surface area contributed by atoms with Crippen molar-refractivity contribution in [1.29, 1.82) is 0 Å². The Morgan fingerprint density at radius 3 is 2.90 bits per heavy atom. The summed E-state index contributed by atoms with van der Waals surface area (Å²) in [4.78, 5) is 11.7. The summed E-state index contributed by atoms with van der Waals surface area (Å²) in [5.41, 5.74) is 0.748. The third-order valence-corrected chi connectivity index (χ3v) is 3.56. The van der Waals surface area contributed by atoms with E-state index in [2.05, 4.69) is 10.6 Å². The lowest BCUT2D eigenvalue weighted by atomic mass is 10.2. The van der Waals surface area contributed by atoms with Crippen LogP contribution in [0.25, 0.3) is 0 Å². The first-order chi connectivity index (χ1) is 10.1. The van der Waals surface area contributed by atoms with Gasteiger partial charge in [0, 0.05) is 24.2 Å². The maximum Gasteiger partial charge on any atom is 0.258 e. The number of nitrogens with one attached hydrogen (secondary N) is 2. The van der Waals surface area contributed by atoms with E-state index in [9.17, 15) is 9.18 Å². The quantitative estimate of drug-likeness (QED) is 0.774. The number of benzene rings is 1. The predicted molar refractivity (Wildman–Crippen MR) is 79.7 cm³/mol. The van der Waals surface area contributed by atoms with Crippen LogP contribution < -0.4 is 15.4 Å². The van der Waals surface area contributed by atoms with Crippen molar-refractivity contribution in [1.82, 2.24) is 10.6 Å². The second kappa shape index (κ2) is 7.41. The van der Waals surface area contributed by atoms with Crippen LogP contribution in [0.1, 0.15) is 38.7 Å². The van der Waals surface area contributed by atoms with Gasteiger partial charge in [0.15, 0.2) is 6.61 Å². The number of carbonyl (C=O) groups is 1. The molecule has 0 radical (unpaired) electrons. The van der Waals surface area contributed by atoms with E-state index in [-0.39, 0.29) is 24.4 Å². The van der Waals surface area contributed by atoms with Gasteiger partial charge in [-0.05, 0) is 44.4 Å². The molecular weight excluding hydrogens is 271 g/mol. The SMILES string of the molecule is CCC(C)NC(=O)COc1ccc(F)cc1CNC1CC1. The largest absolute Gasteiger partial charge is 0.483 e. The first kappa shape index (κ1) is 15.8. The molecule has 1 aliphatic carbocycles. The Balaban J connectivity index is 1.89. The molecule has 116 valence electrons. The topological polar surface area (TPSA) is 50.4 Å². The summed E-state index contributed by atoms with van der Waals surface area (Å²) in [6.45, 7) is 4.46. The van der Waals surface area contributed by atoms with Gasteiger partial charge in [-0.2, -0.15) is 0 Å². The van der Waals surface area contributed by atoms with Crippen molar-refractivity contribution in [2.75, 3.05) is 6.61 Å². The number of hydrogen-bond donors (Lipinski definition) is 2. The summed E-state index contributed by atoms with van der Waals surface area (Å²) < 4.78 is 18.9. The van der Waals surface area contributed by atoms with E-state index < -0.39 is 0 Å². The molecule has 0 saturated heterocycles. The monoisotopic (exact) mass is 294 g/mol. The fraction of sp³-hybridized carbons (Fsp3) is 0.562. The van der Waals surface area contributed by atoms with E-state index in [0.717, 1.165) is 12.0 Å². The van der Waals surface area contributed by atoms with E-state index in [1.807, 2.05) is 13.8 Å². The van der Waals surface area contributed by atoms with Gasteiger partial charge in [-0.3, -0.25) is 4.79 Å². The molecule has 1 saturated carbocycles. The standard InChI is InChI=1S/C16H23FN2O2/c1-3-11(2)19-16(20)10-21-15-7-4-13(17)8-12(15)9-18-14-5-6-14/h4,7-8,11,14,18H,3,5-6,9-10H2,1-2H3,(H,19,20). The van der Waals surface area contributed by atoms with Crippen molar-refractivity contribution in [3.63, 3.8) is 0 Å². The van der Waals surface area contributed by atoms with E-state index in [1.54, 1.807) is 6.07 Å². The fourth-order valence-corrected chi connectivity index (χ4v) is 1.93. The van der Waals surface area contributed by atoms with Gasteiger partial charge < -0.3 is 15.4 Å². The van der Waals surface area contributed by atoms with Crippen molar-refractivity contribution < 1.29 is 13.9 Å². The van der Waals surface area contributed by atoms with Gasteiger partial charge in [0.2, 0.25) is 0 Å². The Labute approximate surface area is 125 Å². The molecular formula is C16H23FN2O2. The molecule has 1 aromatic rings. The van der Waals surface area contributed by atoms with Crippen LogP contribution in [-0.4, -0.2) is 24.6 Å². The molecule has 1 amide bonds. The number of ether oxygens (including phenoxy) is 1. The van der Waals surface area contributed by atoms with Gasteiger partial charge in [0.1, 0.15) is 11.6 Å². The lowest BCUT2D eigenvalue weighted by Gasteiger charge is -2.14. The Morgan fingerprint density at radius 1 is 1.48 bits per heavy atom. The Hall–Kier alpha value is -1.62. The number of rotatable bonds is 8. The molecule has 0 heterocycles. The summed E-state index contributed by atoms with van der Waals surface area (Å²) in [5, 5.41) is 6.16. The molecule has 2 rings (SSSR count). The number of carbonyl (C=O) groups excluding carboxylic acids is 1. The van der Waals surface area contributed by atoms with Crippen LogP contribution in [0.5, 0.6) is 5.75 Å². The number of halogens is 1. The van der Waals surface area contributed by atoms with Crippen molar-refractivity contribution in [2.45, 2.75) is 51.7 Å². The molecule has 1 aliphatic rings. The van der Waals surface area contributed by atoms with Gasteiger partial charge >= 0.3 is 0 Å². The van der Waals surface area contributed by atoms with Gasteiger partial charge in [-0.1, -0.05) is 6.92 Å². The molecule has 0 aliphatic heterocycles. The first-order valence-corrected chi connectivity index (χ1v) is 7.52. The minimum Gasteiger partial charge on any atom is -0.483 e. The first-order valence-electron chi connectivity index (χ1n) is 7.52. The zero-order valence-electron chi connectivity index (χ0n) is 12.6. The summed E-state index contributed by atoms with van der Waals surface area (Å²) >= 11 is 0. The molecule has 1 atom stereocenters. The zero-order valence-corrected chi connectivity index (χ0v) is 12.6. The minimum atomic E-state index is -0.293. The minimum absolute atomic E-state index is 0.0492.